The number of aromatic carboxylic acids is 1. The molecule has 0 radical (unpaired) electrons. The van der Waals surface area contributed by atoms with Gasteiger partial charge in [0.2, 0.25) is 0 Å². The van der Waals surface area contributed by atoms with Crippen molar-refractivity contribution in [3.8, 4) is 0 Å². The largest absolute Gasteiger partial charge is 0.478 e. The first-order valence-corrected chi connectivity index (χ1v) is 7.07. The molecule has 0 heterocycles. The van der Waals surface area contributed by atoms with Crippen molar-refractivity contribution in [2.75, 3.05) is 5.32 Å². The molecule has 0 amide bonds. The Bertz CT molecular complexity index is 485. The van der Waals surface area contributed by atoms with Gasteiger partial charge < -0.3 is 10.4 Å². The van der Waals surface area contributed by atoms with Crippen molar-refractivity contribution in [3.05, 3.63) is 28.8 Å². The number of carbonyl (C=O) groups is 1. The van der Waals surface area contributed by atoms with Crippen LogP contribution < -0.4 is 5.32 Å². The summed E-state index contributed by atoms with van der Waals surface area (Å²) in [6, 6.07) is 5.17. The van der Waals surface area contributed by atoms with E-state index in [2.05, 4.69) is 19.2 Å². The Morgan fingerprint density at radius 1 is 1.42 bits per heavy atom. The number of anilines is 1. The zero-order valence-corrected chi connectivity index (χ0v) is 12.1. The standard InChI is InChI=1S/C15H20ClNO2/c1-15(2)8-4-3-5-13(15)17-12-9-10(16)6-7-11(12)14(18)19/h6-7,9,13,17H,3-5,8H2,1-2H3,(H,18,19). The fourth-order valence-corrected chi connectivity index (χ4v) is 2.94. The Labute approximate surface area is 119 Å². The molecule has 1 unspecified atom stereocenters. The van der Waals surface area contributed by atoms with Crippen LogP contribution >= 0.6 is 11.6 Å². The van der Waals surface area contributed by atoms with Crippen molar-refractivity contribution in [3.63, 3.8) is 0 Å². The Hall–Kier alpha value is -1.22. The van der Waals surface area contributed by atoms with E-state index in [1.165, 1.54) is 12.8 Å². The number of carboxylic acids is 1. The summed E-state index contributed by atoms with van der Waals surface area (Å²) < 4.78 is 0. The van der Waals surface area contributed by atoms with Gasteiger partial charge >= 0.3 is 5.97 Å². The smallest absolute Gasteiger partial charge is 0.337 e. The highest BCUT2D eigenvalue weighted by molar-refractivity contribution is 6.31. The number of nitrogens with one attached hydrogen (secondary N) is 1. The van der Waals surface area contributed by atoms with E-state index >= 15 is 0 Å². The number of hydrogen-bond donors (Lipinski definition) is 2. The van der Waals surface area contributed by atoms with Gasteiger partial charge in [0.05, 0.1) is 11.3 Å². The van der Waals surface area contributed by atoms with Crippen LogP contribution in [0.15, 0.2) is 18.2 Å². The lowest BCUT2D eigenvalue weighted by atomic mass is 9.73. The minimum atomic E-state index is -0.923. The monoisotopic (exact) mass is 281 g/mol. The molecule has 0 bridgehead atoms. The fraction of sp³-hybridized carbons (Fsp3) is 0.533. The first kappa shape index (κ1) is 14.2. The predicted octanol–water partition coefficient (Wildman–Crippen LogP) is 4.42. The third kappa shape index (κ3) is 3.21. The normalized spacial score (nSPS) is 21.9. The summed E-state index contributed by atoms with van der Waals surface area (Å²) in [6.07, 6.45) is 4.66. The SMILES string of the molecule is CC1(C)CCCCC1Nc1cc(Cl)ccc1C(=O)O. The molecule has 0 aliphatic heterocycles. The molecule has 1 aliphatic carbocycles. The van der Waals surface area contributed by atoms with Gasteiger partial charge in [-0.3, -0.25) is 0 Å². The lowest BCUT2D eigenvalue weighted by Crippen LogP contribution is -2.39. The van der Waals surface area contributed by atoms with Crippen LogP contribution in [0.4, 0.5) is 5.69 Å². The molecule has 1 saturated carbocycles. The second-order valence-corrected chi connectivity index (χ2v) is 6.36. The van der Waals surface area contributed by atoms with Gasteiger partial charge in [-0.1, -0.05) is 38.3 Å². The molecule has 1 atom stereocenters. The zero-order chi connectivity index (χ0) is 14.0. The summed E-state index contributed by atoms with van der Waals surface area (Å²) in [4.78, 5) is 11.3. The molecule has 104 valence electrons. The van der Waals surface area contributed by atoms with E-state index in [0.717, 1.165) is 12.8 Å². The topological polar surface area (TPSA) is 49.3 Å². The number of benzene rings is 1. The molecular weight excluding hydrogens is 262 g/mol. The minimum absolute atomic E-state index is 0.177. The van der Waals surface area contributed by atoms with Crippen LogP contribution in [0.1, 0.15) is 49.9 Å². The van der Waals surface area contributed by atoms with Crippen LogP contribution in [0.3, 0.4) is 0 Å². The maximum atomic E-state index is 11.3. The second-order valence-electron chi connectivity index (χ2n) is 5.93. The molecule has 4 heteroatoms. The van der Waals surface area contributed by atoms with E-state index in [1.807, 2.05) is 0 Å². The minimum Gasteiger partial charge on any atom is -0.478 e. The van der Waals surface area contributed by atoms with Crippen molar-refractivity contribution in [1.29, 1.82) is 0 Å². The second kappa shape index (κ2) is 5.41. The van der Waals surface area contributed by atoms with Gasteiger partial charge in [-0.2, -0.15) is 0 Å². The molecular formula is C15H20ClNO2. The summed E-state index contributed by atoms with van der Waals surface area (Å²) in [6.45, 7) is 4.46. The van der Waals surface area contributed by atoms with E-state index in [1.54, 1.807) is 18.2 Å². The quantitative estimate of drug-likeness (QED) is 0.862. The Morgan fingerprint density at radius 2 is 2.16 bits per heavy atom. The first-order chi connectivity index (χ1) is 8.90. The number of hydrogen-bond acceptors (Lipinski definition) is 2. The van der Waals surface area contributed by atoms with Crippen molar-refractivity contribution in [2.24, 2.45) is 5.41 Å². The van der Waals surface area contributed by atoms with E-state index < -0.39 is 5.97 Å². The van der Waals surface area contributed by atoms with Crippen LogP contribution in [0, 0.1) is 5.41 Å². The first-order valence-electron chi connectivity index (χ1n) is 6.69. The molecule has 2 N–H and O–H groups in total. The molecule has 0 spiro atoms. The third-order valence-electron chi connectivity index (χ3n) is 4.05. The van der Waals surface area contributed by atoms with Crippen molar-refractivity contribution < 1.29 is 9.90 Å². The van der Waals surface area contributed by atoms with Gasteiger partial charge in [0, 0.05) is 11.1 Å². The van der Waals surface area contributed by atoms with E-state index in [0.29, 0.717) is 10.7 Å². The molecule has 19 heavy (non-hydrogen) atoms. The Morgan fingerprint density at radius 3 is 2.79 bits per heavy atom. The van der Waals surface area contributed by atoms with Gasteiger partial charge in [-0.05, 0) is 36.5 Å². The van der Waals surface area contributed by atoms with E-state index in [-0.39, 0.29) is 17.0 Å². The maximum Gasteiger partial charge on any atom is 0.337 e. The number of halogens is 1. The number of rotatable bonds is 3. The van der Waals surface area contributed by atoms with E-state index in [9.17, 15) is 9.90 Å². The third-order valence-corrected chi connectivity index (χ3v) is 4.28. The van der Waals surface area contributed by atoms with Crippen molar-refractivity contribution in [2.45, 2.75) is 45.6 Å². The predicted molar refractivity (Wildman–Crippen MR) is 78.1 cm³/mol. The molecule has 1 fully saturated rings. The van der Waals surface area contributed by atoms with Crippen molar-refractivity contribution in [1.82, 2.24) is 0 Å². The van der Waals surface area contributed by atoms with Crippen LogP contribution in [0.25, 0.3) is 0 Å². The summed E-state index contributed by atoms with van der Waals surface area (Å²) in [5.74, 6) is -0.923. The van der Waals surface area contributed by atoms with Crippen LogP contribution in [-0.4, -0.2) is 17.1 Å². The molecule has 1 aromatic carbocycles. The van der Waals surface area contributed by atoms with Gasteiger partial charge in [-0.15, -0.1) is 0 Å². The summed E-state index contributed by atoms with van der Waals surface area (Å²) in [7, 11) is 0. The molecule has 1 aromatic rings. The molecule has 0 saturated heterocycles. The van der Waals surface area contributed by atoms with E-state index in [4.69, 9.17) is 11.6 Å². The van der Waals surface area contributed by atoms with Crippen LogP contribution in [0.5, 0.6) is 0 Å². The van der Waals surface area contributed by atoms with Crippen LogP contribution in [0.2, 0.25) is 5.02 Å². The number of carboxylic acid groups (broad SMARTS) is 1. The Kier molecular flexibility index (Phi) is 4.04. The molecule has 2 rings (SSSR count). The highest BCUT2D eigenvalue weighted by Gasteiger charge is 2.32. The molecule has 3 nitrogen and oxygen atoms in total. The van der Waals surface area contributed by atoms with Gasteiger partial charge in [0.1, 0.15) is 0 Å². The summed E-state index contributed by atoms with van der Waals surface area (Å²) >= 11 is 5.98. The van der Waals surface area contributed by atoms with Gasteiger partial charge in [0.25, 0.3) is 0 Å². The van der Waals surface area contributed by atoms with Crippen molar-refractivity contribution >= 4 is 23.3 Å². The van der Waals surface area contributed by atoms with Gasteiger partial charge in [-0.25, -0.2) is 4.79 Å². The molecule has 1 aliphatic rings. The summed E-state index contributed by atoms with van der Waals surface area (Å²) in [5.41, 5.74) is 1.09. The Balaban J connectivity index is 2.27. The highest BCUT2D eigenvalue weighted by atomic mass is 35.5. The van der Waals surface area contributed by atoms with Crippen LogP contribution in [-0.2, 0) is 0 Å². The fourth-order valence-electron chi connectivity index (χ4n) is 2.77. The highest BCUT2D eigenvalue weighted by Crippen LogP contribution is 2.38. The maximum absolute atomic E-state index is 11.3. The summed E-state index contributed by atoms with van der Waals surface area (Å²) in [5, 5.41) is 13.2. The molecule has 0 aromatic heterocycles. The average molecular weight is 282 g/mol. The lowest BCUT2D eigenvalue weighted by Gasteiger charge is -2.39. The zero-order valence-electron chi connectivity index (χ0n) is 11.4. The van der Waals surface area contributed by atoms with Gasteiger partial charge in [0.15, 0.2) is 0 Å². The average Bonchev–Trinajstić information content (AvgIpc) is 2.31. The lowest BCUT2D eigenvalue weighted by molar-refractivity contribution is 0.0697.